The summed E-state index contributed by atoms with van der Waals surface area (Å²) in [6.45, 7) is 11.5. The Labute approximate surface area is 420 Å². The molecular weight excluding hydrogens is 1050 g/mol. The molecule has 4 aromatic carbocycles. The summed E-state index contributed by atoms with van der Waals surface area (Å²) in [5, 5.41) is 0. The van der Waals surface area contributed by atoms with Crippen LogP contribution in [0.2, 0.25) is 0 Å². The Bertz CT molecular complexity index is 2320. The molecule has 0 radical (unpaired) electrons. The van der Waals surface area contributed by atoms with Crippen molar-refractivity contribution in [1.29, 1.82) is 0 Å². The van der Waals surface area contributed by atoms with Crippen LogP contribution in [0.5, 0.6) is 23.0 Å². The minimum atomic E-state index is -10.7. The monoisotopic (exact) mass is 1100 g/mol. The molecule has 6 aromatic rings. The van der Waals surface area contributed by atoms with Gasteiger partial charge in [-0.05, 0) is 49.2 Å². The largest absolute Gasteiger partial charge is 0.487 e. The predicted molar refractivity (Wildman–Crippen MR) is 258 cm³/mol. The van der Waals surface area contributed by atoms with Gasteiger partial charge in [-0.25, -0.2) is 9.13 Å². The zero-order valence-corrected chi connectivity index (χ0v) is 42.1. The van der Waals surface area contributed by atoms with E-state index in [2.05, 4.69) is 121 Å². The summed E-state index contributed by atoms with van der Waals surface area (Å²) in [5.74, 6) is 2.73. The summed E-state index contributed by atoms with van der Waals surface area (Å²) < 4.78 is 168. The van der Waals surface area contributed by atoms with Gasteiger partial charge in [-0.2, -0.15) is 0 Å². The Morgan fingerprint density at radius 2 is 0.541 bits per heavy atom. The van der Waals surface area contributed by atoms with Gasteiger partial charge in [0.25, 0.3) is 0 Å². The predicted octanol–water partition coefficient (Wildman–Crippen LogP) is 14.4. The molecule has 0 N–H and O–H groups in total. The summed E-state index contributed by atoms with van der Waals surface area (Å²) in [4.78, 5) is 0. The number of nitrogens with zero attached hydrogens (tertiary/aromatic N) is 2. The average molecular weight is 1100 g/mol. The number of ether oxygens (including phenoxy) is 8. The molecule has 3 heterocycles. The summed E-state index contributed by atoms with van der Waals surface area (Å²) in [6.07, 6.45) is 8.62. The normalized spacial score (nSPS) is 16.4. The van der Waals surface area contributed by atoms with E-state index in [-0.39, 0.29) is 0 Å². The van der Waals surface area contributed by atoms with E-state index >= 15 is 0 Å². The molecule has 0 amide bonds. The fourth-order valence-electron chi connectivity index (χ4n) is 6.18. The Hall–Kier alpha value is -5.76. The molecule has 0 atom stereocenters. The van der Waals surface area contributed by atoms with E-state index in [1.165, 1.54) is 33.4 Å². The van der Waals surface area contributed by atoms with Gasteiger partial charge in [-0.3, -0.25) is 0 Å². The van der Waals surface area contributed by atoms with Crippen LogP contribution in [-0.4, -0.2) is 79.3 Å². The fourth-order valence-corrected chi connectivity index (χ4v) is 6.18. The standard InChI is InChI=1S/C26H26N2.C24H32O8.2F6P/c1-21-3-7-23(8-4-21)19-27-15-11-25(12-16-27)26-13-17-28(18-14-26)20-24-9-5-22(2)6-10-24;1-2-6-22-21(5-1)29-17-13-25-9-10-27-15-19-31-23-7-3-4-8-24(23)32-20-16-28-12-11-26-14-18-30-22;2*1-7(2,3,4,5)6/h3-18H,19-20H2,1-2H3;1-8H,9-20H2;;/q+2;;2*-1. The van der Waals surface area contributed by atoms with Crippen molar-refractivity contribution >= 4 is 15.6 Å². The van der Waals surface area contributed by atoms with Crippen LogP contribution >= 0.6 is 15.6 Å². The Balaban J connectivity index is 0.000000256. The molecule has 0 unspecified atom stereocenters. The average Bonchev–Trinajstić information content (AvgIpc) is 3.31. The van der Waals surface area contributed by atoms with Crippen molar-refractivity contribution in [3.05, 3.63) is 168 Å². The van der Waals surface area contributed by atoms with E-state index in [0.717, 1.165) is 13.1 Å². The first-order valence-corrected chi connectivity index (χ1v) is 26.8. The molecular formula is C50H58F12N2O8P2. The van der Waals surface area contributed by atoms with Crippen molar-refractivity contribution in [3.63, 3.8) is 0 Å². The van der Waals surface area contributed by atoms with Crippen molar-refractivity contribution in [2.24, 2.45) is 0 Å². The van der Waals surface area contributed by atoms with E-state index in [9.17, 15) is 50.4 Å². The number of fused-ring (bicyclic) bond motifs is 2. The number of halogens is 12. The molecule has 0 spiro atoms. The van der Waals surface area contributed by atoms with Gasteiger partial charge in [0, 0.05) is 35.4 Å². The third-order valence-electron chi connectivity index (χ3n) is 9.47. The van der Waals surface area contributed by atoms with Gasteiger partial charge in [0.15, 0.2) is 60.9 Å². The van der Waals surface area contributed by atoms with Gasteiger partial charge >= 0.3 is 66.0 Å². The van der Waals surface area contributed by atoms with Crippen molar-refractivity contribution < 1.29 is 97.4 Å². The second kappa shape index (κ2) is 26.1. The molecule has 410 valence electrons. The number of hydrogen-bond acceptors (Lipinski definition) is 8. The number of hydrogen-bond donors (Lipinski definition) is 0. The minimum absolute atomic E-state index is 0.425. The first-order chi connectivity index (χ1) is 34.5. The third-order valence-corrected chi connectivity index (χ3v) is 9.47. The number of benzene rings is 4. The molecule has 74 heavy (non-hydrogen) atoms. The molecule has 0 fully saturated rings. The Morgan fingerprint density at radius 1 is 0.324 bits per heavy atom. The number of aromatic nitrogens is 2. The smallest absolute Gasteiger partial charge is 0.161 e. The van der Waals surface area contributed by atoms with Crippen molar-refractivity contribution in [1.82, 2.24) is 0 Å². The van der Waals surface area contributed by atoms with E-state index in [4.69, 9.17) is 37.9 Å². The van der Waals surface area contributed by atoms with Gasteiger partial charge in [-0.1, -0.05) is 83.9 Å². The topological polar surface area (TPSA) is 81.6 Å². The van der Waals surface area contributed by atoms with Crippen LogP contribution in [0.1, 0.15) is 22.3 Å². The molecule has 1 aliphatic rings. The van der Waals surface area contributed by atoms with Gasteiger partial charge in [0.1, 0.15) is 26.4 Å². The molecule has 0 bridgehead atoms. The van der Waals surface area contributed by atoms with Crippen molar-refractivity contribution in [2.75, 3.05) is 79.3 Å². The SMILES string of the molecule is Cc1ccc(C[n+]2ccc(-c3cc[n+](Cc4ccc(C)cc4)cc3)cc2)cc1.F[P-](F)(F)(F)(F)F.F[P-](F)(F)(F)(F)F.c1ccc2c(c1)OCCOCCOCCOc1ccccc1OCCOCCOCCO2. The maximum atomic E-state index is 9.87. The second-order valence-electron chi connectivity index (χ2n) is 16.1. The van der Waals surface area contributed by atoms with Crippen LogP contribution in [0.15, 0.2) is 146 Å². The molecule has 1 aliphatic heterocycles. The first-order valence-electron chi connectivity index (χ1n) is 22.7. The van der Waals surface area contributed by atoms with Crippen molar-refractivity contribution in [2.45, 2.75) is 26.9 Å². The number of rotatable bonds is 5. The van der Waals surface area contributed by atoms with E-state index in [1.807, 2.05) is 48.5 Å². The van der Waals surface area contributed by atoms with Crippen LogP contribution in [0, 0.1) is 13.8 Å². The van der Waals surface area contributed by atoms with Gasteiger partial charge in [0.05, 0.1) is 52.9 Å². The summed E-state index contributed by atoms with van der Waals surface area (Å²) in [5.41, 5.74) is 7.71. The van der Waals surface area contributed by atoms with Crippen LogP contribution < -0.4 is 28.1 Å². The van der Waals surface area contributed by atoms with Gasteiger partial charge in [0.2, 0.25) is 0 Å². The number of aryl methyl sites for hydroxylation is 2. The first kappa shape index (κ1) is 60.8. The van der Waals surface area contributed by atoms with Crippen LogP contribution in [-0.2, 0) is 32.0 Å². The fraction of sp³-hybridized carbons (Fsp3) is 0.320. The third kappa shape index (κ3) is 31.7. The maximum Gasteiger partial charge on any atom is 0.161 e. The zero-order chi connectivity index (χ0) is 54.3. The Morgan fingerprint density at radius 3 is 0.770 bits per heavy atom. The molecule has 24 heteroatoms. The molecule has 0 saturated carbocycles. The molecule has 0 aliphatic carbocycles. The van der Waals surface area contributed by atoms with Crippen LogP contribution in [0.25, 0.3) is 11.1 Å². The molecule has 2 aromatic heterocycles. The van der Waals surface area contributed by atoms with E-state index < -0.39 is 15.6 Å². The van der Waals surface area contributed by atoms with Gasteiger partial charge in [-0.15, -0.1) is 0 Å². The van der Waals surface area contributed by atoms with Crippen molar-refractivity contribution in [3.8, 4) is 34.1 Å². The maximum absolute atomic E-state index is 10.7. The molecule has 10 nitrogen and oxygen atoms in total. The Kier molecular flexibility index (Phi) is 21.5. The summed E-state index contributed by atoms with van der Waals surface area (Å²) in [6, 6.07) is 41.3. The summed E-state index contributed by atoms with van der Waals surface area (Å²) in [7, 11) is -21.3. The van der Waals surface area contributed by atoms with Gasteiger partial charge < -0.3 is 37.9 Å². The number of para-hydroxylation sites is 4. The zero-order valence-electron chi connectivity index (χ0n) is 40.3. The summed E-state index contributed by atoms with van der Waals surface area (Å²) >= 11 is 0. The van der Waals surface area contributed by atoms with Crippen LogP contribution in [0.3, 0.4) is 0 Å². The molecule has 0 saturated heterocycles. The second-order valence-corrected chi connectivity index (χ2v) is 20.0. The quantitative estimate of drug-likeness (QED) is 0.0959. The molecule has 7 rings (SSSR count). The van der Waals surface area contributed by atoms with E-state index in [1.54, 1.807) is 0 Å². The minimum Gasteiger partial charge on any atom is -0.487 e. The van der Waals surface area contributed by atoms with Crippen LogP contribution in [0.4, 0.5) is 50.4 Å². The van der Waals surface area contributed by atoms with E-state index in [0.29, 0.717) is 102 Å². The number of pyridine rings is 2.